The first-order valence-electron chi connectivity index (χ1n) is 8.49. The SMILES string of the molecule is CCc1ccc(C(CC(F)(F)C(F)(F)C(F)(F)C(F)(F)F)OOC(C)(C)C)cc1. The summed E-state index contributed by atoms with van der Waals surface area (Å²) in [6.45, 7) is 6.05. The molecule has 1 atom stereocenters. The predicted molar refractivity (Wildman–Crippen MR) is 86.0 cm³/mol. The second-order valence-electron chi connectivity index (χ2n) is 7.43. The van der Waals surface area contributed by atoms with Crippen molar-refractivity contribution in [3.8, 4) is 0 Å². The summed E-state index contributed by atoms with van der Waals surface area (Å²) in [4.78, 5) is 9.58. The fraction of sp³-hybridized carbons (Fsp3) is 0.667. The number of hydrogen-bond donors (Lipinski definition) is 0. The van der Waals surface area contributed by atoms with Crippen LogP contribution in [0.1, 0.15) is 51.3 Å². The quantitative estimate of drug-likeness (QED) is 0.249. The zero-order valence-electron chi connectivity index (χ0n) is 16.0. The Balaban J connectivity index is 3.27. The molecule has 0 spiro atoms. The van der Waals surface area contributed by atoms with Crippen LogP contribution in [0.3, 0.4) is 0 Å². The molecule has 0 bridgehead atoms. The maximum absolute atomic E-state index is 14.1. The molecule has 0 aliphatic rings. The standard InChI is InChI=1S/C18H21F9O2/c1-5-11-6-8-12(9-7-11)13(28-29-14(2,3)4)10-15(19,20)16(21,22)17(23,24)18(25,26)27/h6-9,13H,5,10H2,1-4H3. The first-order chi connectivity index (χ1) is 12.9. The van der Waals surface area contributed by atoms with Crippen LogP contribution in [0.5, 0.6) is 0 Å². The fourth-order valence-electron chi connectivity index (χ4n) is 2.15. The van der Waals surface area contributed by atoms with Gasteiger partial charge >= 0.3 is 23.9 Å². The maximum Gasteiger partial charge on any atom is 0.460 e. The Labute approximate surface area is 161 Å². The van der Waals surface area contributed by atoms with Crippen LogP contribution < -0.4 is 0 Å². The second kappa shape index (κ2) is 8.33. The third kappa shape index (κ3) is 5.78. The van der Waals surface area contributed by atoms with Gasteiger partial charge in [0.05, 0.1) is 12.0 Å². The lowest BCUT2D eigenvalue weighted by Crippen LogP contribution is -2.61. The van der Waals surface area contributed by atoms with Crippen molar-refractivity contribution in [2.45, 2.75) is 76.2 Å². The van der Waals surface area contributed by atoms with Gasteiger partial charge in [-0.2, -0.15) is 39.5 Å². The van der Waals surface area contributed by atoms with Gasteiger partial charge in [-0.3, -0.25) is 0 Å². The van der Waals surface area contributed by atoms with Crippen LogP contribution >= 0.6 is 0 Å². The van der Waals surface area contributed by atoms with Crippen molar-refractivity contribution in [3.05, 3.63) is 35.4 Å². The summed E-state index contributed by atoms with van der Waals surface area (Å²) in [6.07, 6.45) is -10.5. The Bertz CT molecular complexity index is 661. The molecule has 168 valence electrons. The van der Waals surface area contributed by atoms with Crippen molar-refractivity contribution in [1.82, 2.24) is 0 Å². The Kier molecular flexibility index (Phi) is 7.34. The zero-order chi connectivity index (χ0) is 22.9. The molecule has 0 saturated heterocycles. The molecule has 0 heterocycles. The van der Waals surface area contributed by atoms with Gasteiger partial charge in [-0.15, -0.1) is 0 Å². The van der Waals surface area contributed by atoms with Crippen molar-refractivity contribution in [1.29, 1.82) is 0 Å². The highest BCUT2D eigenvalue weighted by Crippen LogP contribution is 2.55. The summed E-state index contributed by atoms with van der Waals surface area (Å²) in [7, 11) is 0. The molecule has 0 aliphatic carbocycles. The summed E-state index contributed by atoms with van der Waals surface area (Å²) in [6, 6.07) is 5.32. The van der Waals surface area contributed by atoms with Crippen LogP contribution in [0.15, 0.2) is 24.3 Å². The number of rotatable bonds is 8. The van der Waals surface area contributed by atoms with Gasteiger partial charge in [0.2, 0.25) is 0 Å². The van der Waals surface area contributed by atoms with E-state index in [4.69, 9.17) is 9.78 Å². The highest BCUT2D eigenvalue weighted by molar-refractivity contribution is 5.24. The fourth-order valence-corrected chi connectivity index (χ4v) is 2.15. The van der Waals surface area contributed by atoms with Crippen LogP contribution in [-0.2, 0) is 16.2 Å². The average molecular weight is 440 g/mol. The number of hydrogen-bond acceptors (Lipinski definition) is 2. The van der Waals surface area contributed by atoms with Gasteiger partial charge < -0.3 is 0 Å². The summed E-state index contributed by atoms with van der Waals surface area (Å²) in [5, 5.41) is 0. The van der Waals surface area contributed by atoms with E-state index in [1.807, 2.05) is 0 Å². The van der Waals surface area contributed by atoms with E-state index in [1.165, 1.54) is 45.0 Å². The molecule has 2 nitrogen and oxygen atoms in total. The maximum atomic E-state index is 14.1. The molecule has 29 heavy (non-hydrogen) atoms. The zero-order valence-corrected chi connectivity index (χ0v) is 16.0. The molecular weight excluding hydrogens is 419 g/mol. The lowest BCUT2D eigenvalue weighted by atomic mass is 9.94. The molecule has 1 aromatic rings. The molecule has 0 aromatic heterocycles. The van der Waals surface area contributed by atoms with Crippen molar-refractivity contribution in [2.24, 2.45) is 0 Å². The van der Waals surface area contributed by atoms with E-state index in [0.29, 0.717) is 6.42 Å². The Morgan fingerprint density at radius 3 is 1.66 bits per heavy atom. The largest absolute Gasteiger partial charge is 0.460 e. The number of alkyl halides is 9. The van der Waals surface area contributed by atoms with Gasteiger partial charge in [0.1, 0.15) is 6.10 Å². The first-order valence-corrected chi connectivity index (χ1v) is 8.49. The Hall–Kier alpha value is -1.49. The lowest BCUT2D eigenvalue weighted by Gasteiger charge is -2.35. The van der Waals surface area contributed by atoms with Crippen molar-refractivity contribution >= 4 is 0 Å². The topological polar surface area (TPSA) is 18.5 Å². The van der Waals surface area contributed by atoms with Crippen LogP contribution in [0.4, 0.5) is 39.5 Å². The van der Waals surface area contributed by atoms with Gasteiger partial charge in [0, 0.05) is 0 Å². The minimum absolute atomic E-state index is 0.155. The molecule has 0 N–H and O–H groups in total. The van der Waals surface area contributed by atoms with E-state index < -0.39 is 42.1 Å². The van der Waals surface area contributed by atoms with Crippen molar-refractivity contribution in [2.75, 3.05) is 0 Å². The number of benzene rings is 1. The molecule has 0 radical (unpaired) electrons. The average Bonchev–Trinajstić information content (AvgIpc) is 2.56. The second-order valence-corrected chi connectivity index (χ2v) is 7.43. The van der Waals surface area contributed by atoms with Crippen LogP contribution in [0.2, 0.25) is 0 Å². The molecular formula is C18H21F9O2. The Morgan fingerprint density at radius 1 is 0.793 bits per heavy atom. The first kappa shape index (κ1) is 25.5. The van der Waals surface area contributed by atoms with E-state index in [1.54, 1.807) is 6.92 Å². The monoisotopic (exact) mass is 440 g/mol. The van der Waals surface area contributed by atoms with Gasteiger partial charge in [0.25, 0.3) is 0 Å². The highest BCUT2D eigenvalue weighted by Gasteiger charge is 2.81. The minimum atomic E-state index is -6.95. The molecule has 0 aliphatic heterocycles. The van der Waals surface area contributed by atoms with E-state index in [2.05, 4.69) is 0 Å². The van der Waals surface area contributed by atoms with Gasteiger partial charge in [-0.1, -0.05) is 31.2 Å². The molecule has 0 fully saturated rings. The molecule has 11 heteroatoms. The summed E-state index contributed by atoms with van der Waals surface area (Å²) in [5.74, 6) is -19.4. The predicted octanol–water partition coefficient (Wildman–Crippen LogP) is 6.90. The molecule has 0 amide bonds. The van der Waals surface area contributed by atoms with Crippen molar-refractivity contribution in [3.63, 3.8) is 0 Å². The summed E-state index contributed by atoms with van der Waals surface area (Å²) >= 11 is 0. The van der Waals surface area contributed by atoms with Gasteiger partial charge in [-0.05, 0) is 38.3 Å². The molecule has 0 saturated carbocycles. The minimum Gasteiger partial charge on any atom is -0.230 e. The lowest BCUT2D eigenvalue weighted by molar-refractivity contribution is -0.413. The molecule has 1 aromatic carbocycles. The van der Waals surface area contributed by atoms with Gasteiger partial charge in [0.15, 0.2) is 0 Å². The highest BCUT2D eigenvalue weighted by atomic mass is 19.4. The van der Waals surface area contributed by atoms with Crippen LogP contribution in [0, 0.1) is 0 Å². The summed E-state index contributed by atoms with van der Waals surface area (Å²) in [5.41, 5.74) is -0.517. The Morgan fingerprint density at radius 2 is 1.28 bits per heavy atom. The van der Waals surface area contributed by atoms with Crippen LogP contribution in [0.25, 0.3) is 0 Å². The van der Waals surface area contributed by atoms with E-state index in [9.17, 15) is 39.5 Å². The number of halogens is 9. The number of aryl methyl sites for hydroxylation is 1. The van der Waals surface area contributed by atoms with Crippen molar-refractivity contribution < 1.29 is 49.3 Å². The molecule has 1 unspecified atom stereocenters. The normalized spacial score (nSPS) is 15.5. The van der Waals surface area contributed by atoms with E-state index in [0.717, 1.165) is 5.56 Å². The van der Waals surface area contributed by atoms with Crippen LogP contribution in [-0.4, -0.2) is 29.5 Å². The van der Waals surface area contributed by atoms with E-state index in [-0.39, 0.29) is 5.56 Å². The van der Waals surface area contributed by atoms with Gasteiger partial charge in [-0.25, -0.2) is 9.78 Å². The third-order valence-corrected chi connectivity index (χ3v) is 3.83. The smallest absolute Gasteiger partial charge is 0.230 e. The molecule has 1 rings (SSSR count). The van der Waals surface area contributed by atoms with E-state index >= 15 is 0 Å². The summed E-state index contributed by atoms with van der Waals surface area (Å²) < 4.78 is 118. The third-order valence-electron chi connectivity index (χ3n) is 3.83.